The fourth-order valence-corrected chi connectivity index (χ4v) is 2.54. The van der Waals surface area contributed by atoms with Crippen LogP contribution in [0.25, 0.3) is 32.7 Å². The average molecular weight is 254 g/mol. The monoisotopic (exact) mass is 253 g/mol. The Morgan fingerprint density at radius 2 is 1.83 bits per heavy atom. The van der Waals surface area contributed by atoms with Crippen LogP contribution in [0.5, 0.6) is 0 Å². The second-order valence-corrected chi connectivity index (χ2v) is 4.72. The lowest BCUT2D eigenvalue weighted by atomic mass is 10.1. The zero-order chi connectivity index (χ0) is 12.1. The molecular formula is C15H8ClNO. The van der Waals surface area contributed by atoms with Gasteiger partial charge in [-0.25, -0.2) is 0 Å². The molecule has 4 rings (SSSR count). The third kappa shape index (κ3) is 1.27. The summed E-state index contributed by atoms with van der Waals surface area (Å²) in [5.41, 5.74) is 1.72. The fourth-order valence-electron chi connectivity index (χ4n) is 2.38. The van der Waals surface area contributed by atoms with Gasteiger partial charge >= 0.3 is 0 Å². The van der Waals surface area contributed by atoms with E-state index in [0.29, 0.717) is 5.02 Å². The molecule has 2 nitrogen and oxygen atoms in total. The Balaban J connectivity index is 2.29. The van der Waals surface area contributed by atoms with Gasteiger partial charge in [-0.15, -0.1) is 0 Å². The molecule has 0 fully saturated rings. The lowest BCUT2D eigenvalue weighted by Gasteiger charge is -1.96. The molecule has 2 heterocycles. The van der Waals surface area contributed by atoms with Gasteiger partial charge in [-0.05, 0) is 24.3 Å². The maximum absolute atomic E-state index is 5.99. The summed E-state index contributed by atoms with van der Waals surface area (Å²) < 4.78 is 5.93. The third-order valence-electron chi connectivity index (χ3n) is 3.22. The van der Waals surface area contributed by atoms with E-state index in [-0.39, 0.29) is 0 Å². The molecule has 0 spiro atoms. The van der Waals surface area contributed by atoms with E-state index in [1.54, 1.807) is 6.20 Å². The van der Waals surface area contributed by atoms with Gasteiger partial charge in [0.25, 0.3) is 0 Å². The molecule has 0 saturated heterocycles. The van der Waals surface area contributed by atoms with Crippen molar-refractivity contribution in [1.29, 1.82) is 0 Å². The molecular weight excluding hydrogens is 246 g/mol. The van der Waals surface area contributed by atoms with Gasteiger partial charge in [0.1, 0.15) is 11.2 Å². The van der Waals surface area contributed by atoms with Crippen LogP contribution in [0.1, 0.15) is 0 Å². The minimum atomic E-state index is 0.688. The molecule has 0 atom stereocenters. The predicted molar refractivity (Wildman–Crippen MR) is 74.0 cm³/mol. The van der Waals surface area contributed by atoms with Gasteiger partial charge in [-0.2, -0.15) is 0 Å². The highest BCUT2D eigenvalue weighted by Crippen LogP contribution is 2.34. The number of furan rings is 1. The first-order chi connectivity index (χ1) is 8.83. The molecule has 0 amide bonds. The number of nitrogens with zero attached hydrogens (tertiary/aromatic N) is 1. The summed E-state index contributed by atoms with van der Waals surface area (Å²) in [5.74, 6) is 0. The van der Waals surface area contributed by atoms with Crippen LogP contribution in [0.2, 0.25) is 5.02 Å². The van der Waals surface area contributed by atoms with Crippen LogP contribution in [-0.2, 0) is 0 Å². The summed E-state index contributed by atoms with van der Waals surface area (Å²) in [6.07, 6.45) is 3.62. The van der Waals surface area contributed by atoms with Crippen molar-refractivity contribution in [2.75, 3.05) is 0 Å². The number of rotatable bonds is 0. The molecule has 0 N–H and O–H groups in total. The summed E-state index contributed by atoms with van der Waals surface area (Å²) in [6, 6.07) is 11.8. The largest absolute Gasteiger partial charge is 0.455 e. The van der Waals surface area contributed by atoms with Crippen molar-refractivity contribution < 1.29 is 4.42 Å². The topological polar surface area (TPSA) is 26.0 Å². The normalized spacial score (nSPS) is 11.6. The zero-order valence-corrected chi connectivity index (χ0v) is 10.1. The van der Waals surface area contributed by atoms with Crippen LogP contribution in [0.4, 0.5) is 0 Å². The Kier molecular flexibility index (Phi) is 1.91. The third-order valence-corrected chi connectivity index (χ3v) is 3.45. The van der Waals surface area contributed by atoms with E-state index in [9.17, 15) is 0 Å². The first-order valence-electron chi connectivity index (χ1n) is 5.67. The lowest BCUT2D eigenvalue weighted by molar-refractivity contribution is 0.672. The first kappa shape index (κ1) is 9.92. The van der Waals surface area contributed by atoms with Gasteiger partial charge in [0.05, 0.1) is 0 Å². The molecule has 0 unspecified atom stereocenters. The fraction of sp³-hybridized carbons (Fsp3) is 0. The molecule has 0 aliphatic rings. The van der Waals surface area contributed by atoms with Gasteiger partial charge in [-0.3, -0.25) is 4.98 Å². The lowest BCUT2D eigenvalue weighted by Crippen LogP contribution is -1.75. The first-order valence-corrected chi connectivity index (χ1v) is 6.05. The maximum atomic E-state index is 5.99. The summed E-state index contributed by atoms with van der Waals surface area (Å²) >= 11 is 5.99. The second-order valence-electron chi connectivity index (χ2n) is 4.28. The quantitative estimate of drug-likeness (QED) is 0.450. The Hall–Kier alpha value is -2.06. The van der Waals surface area contributed by atoms with E-state index < -0.39 is 0 Å². The Morgan fingerprint density at radius 3 is 2.78 bits per heavy atom. The number of benzene rings is 2. The average Bonchev–Trinajstić information content (AvgIpc) is 2.76. The van der Waals surface area contributed by atoms with E-state index in [4.69, 9.17) is 16.0 Å². The van der Waals surface area contributed by atoms with E-state index in [1.807, 2.05) is 30.5 Å². The number of fused-ring (bicyclic) bond motifs is 5. The Labute approximate surface area is 108 Å². The summed E-state index contributed by atoms with van der Waals surface area (Å²) in [5, 5.41) is 5.05. The number of pyridine rings is 1. The maximum Gasteiger partial charge on any atom is 0.143 e. The van der Waals surface area contributed by atoms with Crippen LogP contribution in [0.15, 0.2) is 53.2 Å². The second kappa shape index (κ2) is 3.47. The minimum absolute atomic E-state index is 0.688. The van der Waals surface area contributed by atoms with Crippen molar-refractivity contribution in [3.05, 3.63) is 53.8 Å². The SMILES string of the molecule is Clc1ccc2c(c1)oc1c3ccncc3ccc21. The summed E-state index contributed by atoms with van der Waals surface area (Å²) in [4.78, 5) is 4.12. The van der Waals surface area contributed by atoms with Gasteiger partial charge in [-0.1, -0.05) is 17.7 Å². The standard InChI is InChI=1S/C15H8ClNO/c16-10-2-4-12-13-3-1-9-8-17-6-5-11(9)15(13)18-14(12)7-10/h1-8H. The molecule has 0 aliphatic heterocycles. The number of hydrogen-bond donors (Lipinski definition) is 0. The van der Waals surface area contributed by atoms with Crippen LogP contribution in [0.3, 0.4) is 0 Å². The van der Waals surface area contributed by atoms with Crippen LogP contribution in [0, 0.1) is 0 Å². The van der Waals surface area contributed by atoms with Crippen LogP contribution < -0.4 is 0 Å². The van der Waals surface area contributed by atoms with E-state index in [1.165, 1.54) is 0 Å². The molecule has 3 heteroatoms. The van der Waals surface area contributed by atoms with Crippen molar-refractivity contribution in [2.24, 2.45) is 0 Å². The van der Waals surface area contributed by atoms with E-state index in [2.05, 4.69) is 17.1 Å². The molecule has 2 aromatic heterocycles. The number of aromatic nitrogens is 1. The van der Waals surface area contributed by atoms with Crippen molar-refractivity contribution in [2.45, 2.75) is 0 Å². The van der Waals surface area contributed by atoms with Crippen LogP contribution >= 0.6 is 11.6 Å². The highest BCUT2D eigenvalue weighted by Gasteiger charge is 2.09. The molecule has 4 aromatic rings. The highest BCUT2D eigenvalue weighted by molar-refractivity contribution is 6.31. The Morgan fingerprint density at radius 1 is 0.944 bits per heavy atom. The smallest absolute Gasteiger partial charge is 0.143 e. The molecule has 0 radical (unpaired) electrons. The summed E-state index contributed by atoms with van der Waals surface area (Å²) in [7, 11) is 0. The molecule has 18 heavy (non-hydrogen) atoms. The molecule has 0 saturated carbocycles. The summed E-state index contributed by atoms with van der Waals surface area (Å²) in [6.45, 7) is 0. The Bertz CT molecular complexity index is 895. The molecule has 2 aromatic carbocycles. The van der Waals surface area contributed by atoms with Gasteiger partial charge in [0.15, 0.2) is 0 Å². The number of hydrogen-bond acceptors (Lipinski definition) is 2. The molecule has 0 aliphatic carbocycles. The van der Waals surface area contributed by atoms with Crippen molar-refractivity contribution in [3.8, 4) is 0 Å². The van der Waals surface area contributed by atoms with E-state index in [0.717, 1.165) is 32.7 Å². The van der Waals surface area contributed by atoms with Gasteiger partial charge in [0.2, 0.25) is 0 Å². The minimum Gasteiger partial charge on any atom is -0.455 e. The van der Waals surface area contributed by atoms with Crippen molar-refractivity contribution in [1.82, 2.24) is 4.98 Å². The van der Waals surface area contributed by atoms with Crippen molar-refractivity contribution >= 4 is 44.3 Å². The highest BCUT2D eigenvalue weighted by atomic mass is 35.5. The van der Waals surface area contributed by atoms with E-state index >= 15 is 0 Å². The number of halogens is 1. The molecule has 86 valence electrons. The zero-order valence-electron chi connectivity index (χ0n) is 9.35. The molecule has 0 bridgehead atoms. The van der Waals surface area contributed by atoms with Crippen molar-refractivity contribution in [3.63, 3.8) is 0 Å². The van der Waals surface area contributed by atoms with Gasteiger partial charge in [0, 0.05) is 45.0 Å². The predicted octanol–water partition coefficient (Wildman–Crippen LogP) is 4.79. The van der Waals surface area contributed by atoms with Crippen LogP contribution in [-0.4, -0.2) is 4.98 Å². The van der Waals surface area contributed by atoms with Gasteiger partial charge < -0.3 is 4.42 Å².